The van der Waals surface area contributed by atoms with Crippen molar-refractivity contribution in [1.82, 2.24) is 20.4 Å². The molecule has 2 aromatic carbocycles. The number of nitrogens with zero attached hydrogens (tertiary/aromatic N) is 2. The lowest BCUT2D eigenvalue weighted by Crippen LogP contribution is -2.58. The fourth-order valence-electron chi connectivity index (χ4n) is 4.63. The van der Waals surface area contributed by atoms with Gasteiger partial charge in [-0.1, -0.05) is 74.5 Å². The van der Waals surface area contributed by atoms with Crippen LogP contribution in [0.1, 0.15) is 45.7 Å². The Bertz CT molecular complexity index is 1200. The first-order chi connectivity index (χ1) is 18.5. The van der Waals surface area contributed by atoms with E-state index in [2.05, 4.69) is 10.6 Å². The highest BCUT2D eigenvalue weighted by Gasteiger charge is 2.40. The van der Waals surface area contributed by atoms with Crippen molar-refractivity contribution < 1.29 is 24.3 Å². The minimum absolute atomic E-state index is 0.193. The Morgan fingerprint density at radius 2 is 1.51 bits per heavy atom. The van der Waals surface area contributed by atoms with Crippen molar-refractivity contribution in [2.24, 2.45) is 5.92 Å². The van der Waals surface area contributed by atoms with E-state index < -0.39 is 30.0 Å². The Balaban J connectivity index is 1.92. The van der Waals surface area contributed by atoms with Crippen LogP contribution in [0.15, 0.2) is 66.9 Å². The van der Waals surface area contributed by atoms with Crippen LogP contribution >= 0.6 is 0 Å². The van der Waals surface area contributed by atoms with Crippen LogP contribution in [-0.2, 0) is 25.6 Å². The lowest BCUT2D eigenvalue weighted by molar-refractivity contribution is -0.145. The Labute approximate surface area is 229 Å². The van der Waals surface area contributed by atoms with Crippen molar-refractivity contribution in [1.29, 1.82) is 0 Å². The third-order valence-corrected chi connectivity index (χ3v) is 6.46. The number of benzene rings is 2. The number of nitrogens with one attached hydrogen (secondary N) is 2. The Morgan fingerprint density at radius 3 is 2.05 bits per heavy atom. The highest BCUT2D eigenvalue weighted by molar-refractivity contribution is 5.99. The fourth-order valence-corrected chi connectivity index (χ4v) is 4.63. The number of hydrogen-bond donors (Lipinski definition) is 3. The number of rotatable bonds is 10. The van der Waals surface area contributed by atoms with Gasteiger partial charge in [-0.2, -0.15) is 0 Å². The van der Waals surface area contributed by atoms with Gasteiger partial charge in [0.1, 0.15) is 12.6 Å². The summed E-state index contributed by atoms with van der Waals surface area (Å²) in [5, 5.41) is 16.3. The minimum Gasteiger partial charge on any atom is -0.381 e. The molecule has 0 radical (unpaired) electrons. The molecule has 1 aliphatic rings. The highest BCUT2D eigenvalue weighted by atomic mass is 16.3. The van der Waals surface area contributed by atoms with E-state index in [0.717, 1.165) is 5.56 Å². The molecular formula is C30H38N4O5. The Morgan fingerprint density at radius 1 is 0.923 bits per heavy atom. The predicted molar refractivity (Wildman–Crippen MR) is 149 cm³/mol. The molecule has 3 rings (SSSR count). The molecule has 208 valence electrons. The maximum Gasteiger partial charge on any atom is 0.251 e. The lowest BCUT2D eigenvalue weighted by Gasteiger charge is -2.40. The molecule has 0 spiro atoms. The van der Waals surface area contributed by atoms with E-state index in [-0.39, 0.29) is 36.7 Å². The van der Waals surface area contributed by atoms with Crippen LogP contribution in [0.3, 0.4) is 0 Å². The maximum atomic E-state index is 13.7. The Hall–Kier alpha value is -3.98. The molecule has 3 N–H and O–H groups in total. The molecule has 0 fully saturated rings. The second-order valence-electron chi connectivity index (χ2n) is 10.4. The molecule has 1 heterocycles. The number of carbonyl (C=O) groups is 4. The predicted octanol–water partition coefficient (Wildman–Crippen LogP) is 2.31. The standard InChI is InChI=1S/C30H38N4O5/c1-19(2)27-30(39)34(25(17-33(27)21(5)35)23-14-10-7-11-15-23)18-26(36)32-24(16-22-12-8-6-9-13-22)28(37)29(38)31-20(3)4/h6-15,17,19-20,24,27-28,37H,16,18H2,1-5H3,(H,31,38)(H,32,36)/t24-,27?,28?/m0/s1. The summed E-state index contributed by atoms with van der Waals surface area (Å²) in [6.07, 6.45) is 0.319. The molecule has 0 aliphatic carbocycles. The van der Waals surface area contributed by atoms with Crippen LogP contribution in [0.5, 0.6) is 0 Å². The molecule has 1 aliphatic heterocycles. The second-order valence-corrected chi connectivity index (χ2v) is 10.4. The number of aliphatic hydroxyl groups excluding tert-OH is 1. The van der Waals surface area contributed by atoms with Crippen molar-refractivity contribution in [2.75, 3.05) is 6.54 Å². The quantitative estimate of drug-likeness (QED) is 0.432. The number of hydrogen-bond acceptors (Lipinski definition) is 5. The third-order valence-electron chi connectivity index (χ3n) is 6.46. The average Bonchev–Trinajstić information content (AvgIpc) is 2.89. The maximum absolute atomic E-state index is 13.7. The van der Waals surface area contributed by atoms with Crippen molar-refractivity contribution >= 4 is 29.3 Å². The van der Waals surface area contributed by atoms with Gasteiger partial charge < -0.3 is 20.6 Å². The molecule has 0 saturated heterocycles. The van der Waals surface area contributed by atoms with Gasteiger partial charge in [-0.15, -0.1) is 0 Å². The Kier molecular flexibility index (Phi) is 10.0. The van der Waals surface area contributed by atoms with Crippen LogP contribution in [-0.4, -0.2) is 69.3 Å². The molecule has 3 atom stereocenters. The highest BCUT2D eigenvalue weighted by Crippen LogP contribution is 2.30. The van der Waals surface area contributed by atoms with Crippen LogP contribution < -0.4 is 10.6 Å². The summed E-state index contributed by atoms with van der Waals surface area (Å²) >= 11 is 0. The zero-order valence-corrected chi connectivity index (χ0v) is 23.1. The lowest BCUT2D eigenvalue weighted by atomic mass is 9.97. The van der Waals surface area contributed by atoms with Crippen molar-refractivity contribution in [2.45, 2.75) is 65.3 Å². The summed E-state index contributed by atoms with van der Waals surface area (Å²) < 4.78 is 0. The first-order valence-electron chi connectivity index (χ1n) is 13.2. The van der Waals surface area contributed by atoms with Gasteiger partial charge in [-0.25, -0.2) is 0 Å². The normalized spacial score (nSPS) is 17.1. The van der Waals surface area contributed by atoms with E-state index in [9.17, 15) is 24.3 Å². The molecule has 0 saturated carbocycles. The molecule has 9 nitrogen and oxygen atoms in total. The second kappa shape index (κ2) is 13.2. The number of carbonyl (C=O) groups excluding carboxylic acids is 4. The average molecular weight is 535 g/mol. The van der Waals surface area contributed by atoms with Crippen molar-refractivity contribution in [3.8, 4) is 0 Å². The molecule has 4 amide bonds. The van der Waals surface area contributed by atoms with Gasteiger partial charge in [0.15, 0.2) is 6.10 Å². The summed E-state index contributed by atoms with van der Waals surface area (Å²) in [5.74, 6) is -1.99. The smallest absolute Gasteiger partial charge is 0.251 e. The van der Waals surface area contributed by atoms with Gasteiger partial charge in [0.25, 0.3) is 11.8 Å². The monoisotopic (exact) mass is 534 g/mol. The fraction of sp³-hybridized carbons (Fsp3) is 0.400. The van der Waals surface area contributed by atoms with Gasteiger partial charge in [0.05, 0.1) is 11.7 Å². The SMILES string of the molecule is CC(=O)N1C=C(c2ccccc2)N(CC(=O)N[C@@H](Cc2ccccc2)C(O)C(=O)NC(C)C)C(=O)C1C(C)C. The summed E-state index contributed by atoms with van der Waals surface area (Å²) in [6.45, 7) is 8.31. The summed E-state index contributed by atoms with van der Waals surface area (Å²) in [6, 6.07) is 16.4. The van der Waals surface area contributed by atoms with Gasteiger partial charge >= 0.3 is 0 Å². The third kappa shape index (κ3) is 7.54. The molecular weight excluding hydrogens is 496 g/mol. The van der Waals surface area contributed by atoms with E-state index in [1.165, 1.54) is 16.7 Å². The largest absolute Gasteiger partial charge is 0.381 e. The molecule has 0 aromatic heterocycles. The van der Waals surface area contributed by atoms with Gasteiger partial charge in [-0.3, -0.25) is 24.1 Å². The summed E-state index contributed by atoms with van der Waals surface area (Å²) in [5.41, 5.74) is 1.92. The molecule has 0 bridgehead atoms. The number of aliphatic hydroxyl groups is 1. The minimum atomic E-state index is -1.51. The number of amides is 4. The summed E-state index contributed by atoms with van der Waals surface area (Å²) in [7, 11) is 0. The van der Waals surface area contributed by atoms with Gasteiger partial charge in [0, 0.05) is 19.2 Å². The van der Waals surface area contributed by atoms with E-state index in [0.29, 0.717) is 11.3 Å². The van der Waals surface area contributed by atoms with Crippen LogP contribution in [0.25, 0.3) is 5.70 Å². The molecule has 9 heteroatoms. The summed E-state index contributed by atoms with van der Waals surface area (Å²) in [4.78, 5) is 55.1. The van der Waals surface area contributed by atoms with Crippen LogP contribution in [0.4, 0.5) is 0 Å². The van der Waals surface area contributed by atoms with Crippen LogP contribution in [0.2, 0.25) is 0 Å². The van der Waals surface area contributed by atoms with E-state index in [1.54, 1.807) is 32.2 Å². The van der Waals surface area contributed by atoms with E-state index in [4.69, 9.17) is 0 Å². The molecule has 2 aromatic rings. The molecule has 2 unspecified atom stereocenters. The van der Waals surface area contributed by atoms with E-state index in [1.807, 2.05) is 62.4 Å². The molecule has 39 heavy (non-hydrogen) atoms. The first-order valence-corrected chi connectivity index (χ1v) is 13.2. The van der Waals surface area contributed by atoms with Crippen molar-refractivity contribution in [3.63, 3.8) is 0 Å². The van der Waals surface area contributed by atoms with Crippen LogP contribution in [0, 0.1) is 5.92 Å². The van der Waals surface area contributed by atoms with E-state index >= 15 is 0 Å². The van der Waals surface area contributed by atoms with Gasteiger partial charge in [-0.05, 0) is 37.3 Å². The zero-order valence-electron chi connectivity index (χ0n) is 23.1. The van der Waals surface area contributed by atoms with Crippen molar-refractivity contribution in [3.05, 3.63) is 78.0 Å². The van der Waals surface area contributed by atoms with Gasteiger partial charge in [0.2, 0.25) is 11.8 Å². The zero-order chi connectivity index (χ0) is 28.7. The topological polar surface area (TPSA) is 119 Å². The first kappa shape index (κ1) is 29.6.